The van der Waals surface area contributed by atoms with Gasteiger partial charge in [0.15, 0.2) is 5.82 Å². The smallest absolute Gasteiger partial charge is 0.243 e. The molecule has 19 heavy (non-hydrogen) atoms. The molecule has 0 bridgehead atoms. The van der Waals surface area contributed by atoms with E-state index in [-0.39, 0.29) is 0 Å². The Morgan fingerprint density at radius 3 is 2.68 bits per heavy atom. The summed E-state index contributed by atoms with van der Waals surface area (Å²) in [4.78, 5) is 12.0. The van der Waals surface area contributed by atoms with Gasteiger partial charge >= 0.3 is 6.03 Å². The number of tetrazole rings is 2. The predicted molar refractivity (Wildman–Crippen MR) is 61.1 cm³/mol. The van der Waals surface area contributed by atoms with E-state index in [0.29, 0.717) is 12.2 Å². The molecule has 9 nitrogen and oxygen atoms in total. The molecule has 3 rings (SSSR count). The Morgan fingerprint density at radius 2 is 1.95 bits per heavy atom. The SMILES string of the molecule is O=C(n1cnnn1)n1nnnc1Cc1ccccc1. The first-order valence-corrected chi connectivity index (χ1v) is 5.43. The van der Waals surface area contributed by atoms with E-state index < -0.39 is 6.03 Å². The number of hydrogen-bond donors (Lipinski definition) is 0. The van der Waals surface area contributed by atoms with Gasteiger partial charge in [-0.25, -0.2) is 4.79 Å². The summed E-state index contributed by atoms with van der Waals surface area (Å²) in [6.45, 7) is 0. The molecular formula is C10H8N8O. The zero-order valence-electron chi connectivity index (χ0n) is 9.66. The van der Waals surface area contributed by atoms with Crippen LogP contribution in [0.3, 0.4) is 0 Å². The highest BCUT2D eigenvalue weighted by atomic mass is 16.2. The van der Waals surface area contributed by atoms with E-state index in [1.807, 2.05) is 30.3 Å². The van der Waals surface area contributed by atoms with Crippen molar-refractivity contribution in [3.05, 3.63) is 48.0 Å². The van der Waals surface area contributed by atoms with Gasteiger partial charge in [0.1, 0.15) is 6.33 Å². The molecular weight excluding hydrogens is 248 g/mol. The van der Waals surface area contributed by atoms with Crippen molar-refractivity contribution in [2.45, 2.75) is 6.42 Å². The summed E-state index contributed by atoms with van der Waals surface area (Å²) in [5.41, 5.74) is 1.00. The molecule has 0 atom stereocenters. The maximum absolute atomic E-state index is 12.0. The topological polar surface area (TPSA) is 104 Å². The van der Waals surface area contributed by atoms with Crippen molar-refractivity contribution in [1.29, 1.82) is 0 Å². The molecule has 0 aliphatic rings. The fourth-order valence-corrected chi connectivity index (χ4v) is 1.59. The Balaban J connectivity index is 1.89. The average molecular weight is 256 g/mol. The summed E-state index contributed by atoms with van der Waals surface area (Å²) in [7, 11) is 0. The van der Waals surface area contributed by atoms with Crippen LogP contribution in [0.1, 0.15) is 11.4 Å². The summed E-state index contributed by atoms with van der Waals surface area (Å²) in [5.74, 6) is 0.423. The summed E-state index contributed by atoms with van der Waals surface area (Å²) in [6.07, 6.45) is 1.64. The monoisotopic (exact) mass is 256 g/mol. The molecule has 2 aromatic heterocycles. The molecule has 0 radical (unpaired) electrons. The molecule has 0 amide bonds. The highest BCUT2D eigenvalue weighted by molar-refractivity contribution is 5.77. The first-order chi connectivity index (χ1) is 9.34. The molecule has 0 aliphatic heterocycles. The second-order valence-electron chi connectivity index (χ2n) is 3.71. The highest BCUT2D eigenvalue weighted by Gasteiger charge is 2.16. The third kappa shape index (κ3) is 2.20. The Bertz CT molecular complexity index is 675. The van der Waals surface area contributed by atoms with Crippen LogP contribution in [0.25, 0.3) is 0 Å². The number of rotatable bonds is 2. The molecule has 0 fully saturated rings. The van der Waals surface area contributed by atoms with Crippen LogP contribution in [0.4, 0.5) is 4.79 Å². The first-order valence-electron chi connectivity index (χ1n) is 5.43. The zero-order valence-corrected chi connectivity index (χ0v) is 9.66. The Labute approximate surface area is 106 Å². The van der Waals surface area contributed by atoms with Crippen molar-refractivity contribution in [1.82, 2.24) is 40.4 Å². The quantitative estimate of drug-likeness (QED) is 0.583. The van der Waals surface area contributed by atoms with Crippen LogP contribution in [0.5, 0.6) is 0 Å². The number of carbonyl (C=O) groups excluding carboxylic acids is 1. The lowest BCUT2D eigenvalue weighted by molar-refractivity contribution is 0.236. The maximum Gasteiger partial charge on any atom is 0.375 e. The minimum Gasteiger partial charge on any atom is -0.243 e. The van der Waals surface area contributed by atoms with Gasteiger partial charge in [-0.15, -0.1) is 19.6 Å². The Hall–Kier alpha value is -2.97. The van der Waals surface area contributed by atoms with E-state index in [1.54, 1.807) is 0 Å². The van der Waals surface area contributed by atoms with Gasteiger partial charge in [0.05, 0.1) is 0 Å². The van der Waals surface area contributed by atoms with E-state index in [4.69, 9.17) is 0 Å². The van der Waals surface area contributed by atoms with Crippen molar-refractivity contribution in [2.24, 2.45) is 0 Å². The fraction of sp³-hybridized carbons (Fsp3) is 0.100. The summed E-state index contributed by atoms with van der Waals surface area (Å²) in [6, 6.07) is 9.07. The number of carbonyl (C=O) groups is 1. The van der Waals surface area contributed by atoms with E-state index in [1.165, 1.54) is 6.33 Å². The van der Waals surface area contributed by atoms with Crippen LogP contribution in [0.2, 0.25) is 0 Å². The second-order valence-corrected chi connectivity index (χ2v) is 3.71. The predicted octanol–water partition coefficient (Wildman–Crippen LogP) is -0.233. The zero-order chi connectivity index (χ0) is 13.1. The van der Waals surface area contributed by atoms with Crippen LogP contribution in [-0.4, -0.2) is 46.4 Å². The summed E-state index contributed by atoms with van der Waals surface area (Å²) < 4.78 is 2.04. The van der Waals surface area contributed by atoms with Crippen molar-refractivity contribution in [3.8, 4) is 0 Å². The molecule has 9 heteroatoms. The normalized spacial score (nSPS) is 10.5. The van der Waals surface area contributed by atoms with Gasteiger partial charge in [0.25, 0.3) is 0 Å². The fourth-order valence-electron chi connectivity index (χ4n) is 1.59. The molecule has 0 N–H and O–H groups in total. The molecule has 0 aliphatic carbocycles. The Morgan fingerprint density at radius 1 is 1.11 bits per heavy atom. The molecule has 2 heterocycles. The van der Waals surface area contributed by atoms with Crippen LogP contribution in [-0.2, 0) is 6.42 Å². The third-order valence-corrected chi connectivity index (χ3v) is 2.47. The van der Waals surface area contributed by atoms with Crippen LogP contribution >= 0.6 is 0 Å². The molecule has 94 valence electrons. The first kappa shape index (κ1) is 11.1. The molecule has 3 aromatic rings. The van der Waals surface area contributed by atoms with Gasteiger partial charge in [0, 0.05) is 6.42 Å². The summed E-state index contributed by atoms with van der Waals surface area (Å²) >= 11 is 0. The molecule has 0 saturated heterocycles. The van der Waals surface area contributed by atoms with Crippen LogP contribution in [0.15, 0.2) is 36.7 Å². The minimum atomic E-state index is -0.527. The summed E-state index contributed by atoms with van der Waals surface area (Å²) in [5, 5.41) is 21.3. The van der Waals surface area contributed by atoms with Gasteiger partial charge in [-0.1, -0.05) is 30.3 Å². The largest absolute Gasteiger partial charge is 0.375 e. The van der Waals surface area contributed by atoms with E-state index >= 15 is 0 Å². The third-order valence-electron chi connectivity index (χ3n) is 2.47. The number of benzene rings is 1. The molecule has 0 saturated carbocycles. The minimum absolute atomic E-state index is 0.423. The number of aromatic nitrogens is 8. The number of hydrogen-bond acceptors (Lipinski definition) is 7. The van der Waals surface area contributed by atoms with Crippen LogP contribution in [0, 0.1) is 0 Å². The Kier molecular flexibility index (Phi) is 2.77. The standard InChI is InChI=1S/C10H8N8O/c19-10(17-7-11-13-15-17)18-9(12-14-16-18)6-8-4-2-1-3-5-8/h1-5,7H,6H2. The van der Waals surface area contributed by atoms with E-state index in [0.717, 1.165) is 14.9 Å². The van der Waals surface area contributed by atoms with Crippen molar-refractivity contribution >= 4 is 6.03 Å². The van der Waals surface area contributed by atoms with Gasteiger partial charge in [0.2, 0.25) is 0 Å². The van der Waals surface area contributed by atoms with Crippen molar-refractivity contribution in [2.75, 3.05) is 0 Å². The van der Waals surface area contributed by atoms with Gasteiger partial charge in [-0.2, -0.15) is 0 Å². The number of nitrogens with zero attached hydrogens (tertiary/aromatic N) is 8. The lowest BCUT2D eigenvalue weighted by atomic mass is 10.1. The van der Waals surface area contributed by atoms with Gasteiger partial charge in [-0.3, -0.25) is 0 Å². The van der Waals surface area contributed by atoms with Crippen LogP contribution < -0.4 is 0 Å². The van der Waals surface area contributed by atoms with E-state index in [9.17, 15) is 4.79 Å². The molecule has 0 spiro atoms. The van der Waals surface area contributed by atoms with Crippen molar-refractivity contribution in [3.63, 3.8) is 0 Å². The average Bonchev–Trinajstić information content (AvgIpc) is 3.10. The molecule has 1 aromatic carbocycles. The maximum atomic E-state index is 12.0. The highest BCUT2D eigenvalue weighted by Crippen LogP contribution is 2.05. The van der Waals surface area contributed by atoms with Gasteiger partial charge in [-0.05, 0) is 26.4 Å². The second kappa shape index (κ2) is 4.72. The van der Waals surface area contributed by atoms with E-state index in [2.05, 4.69) is 31.1 Å². The lowest BCUT2D eigenvalue weighted by Crippen LogP contribution is -2.23. The molecule has 0 unspecified atom stereocenters. The van der Waals surface area contributed by atoms with Crippen molar-refractivity contribution < 1.29 is 4.79 Å². The lowest BCUT2D eigenvalue weighted by Gasteiger charge is -2.02. The van der Waals surface area contributed by atoms with Gasteiger partial charge < -0.3 is 0 Å².